The van der Waals surface area contributed by atoms with Crippen molar-refractivity contribution in [2.75, 3.05) is 13.1 Å². The second-order valence-electron chi connectivity index (χ2n) is 6.58. The summed E-state index contributed by atoms with van der Waals surface area (Å²) in [6, 6.07) is 8.93. The van der Waals surface area contributed by atoms with Gasteiger partial charge in [-0.25, -0.2) is 0 Å². The molecular formula is C17H28N2S. The lowest BCUT2D eigenvalue weighted by atomic mass is 9.87. The zero-order chi connectivity index (χ0) is 15.3. The molecule has 1 aromatic rings. The molecule has 2 nitrogen and oxygen atoms in total. The predicted octanol–water partition coefficient (Wildman–Crippen LogP) is 3.73. The lowest BCUT2D eigenvalue weighted by Crippen LogP contribution is -2.33. The highest BCUT2D eigenvalue weighted by Crippen LogP contribution is 2.22. The third-order valence-corrected chi connectivity index (χ3v) is 4.09. The fraction of sp³-hybridized carbons (Fsp3) is 0.588. The van der Waals surface area contributed by atoms with E-state index in [0.717, 1.165) is 19.6 Å². The Labute approximate surface area is 129 Å². The molecule has 1 aromatic carbocycles. The summed E-state index contributed by atoms with van der Waals surface area (Å²) in [5.41, 5.74) is 8.63. The first-order chi connectivity index (χ1) is 9.24. The summed E-state index contributed by atoms with van der Waals surface area (Å²) in [4.78, 5) is 2.99. The van der Waals surface area contributed by atoms with E-state index < -0.39 is 0 Å². The van der Waals surface area contributed by atoms with Gasteiger partial charge in [0, 0.05) is 19.0 Å². The smallest absolute Gasteiger partial charge is 0.0768 e. The van der Waals surface area contributed by atoms with E-state index in [1.54, 1.807) is 0 Å². The van der Waals surface area contributed by atoms with E-state index in [1.807, 2.05) is 0 Å². The molecule has 0 fully saturated rings. The molecule has 0 spiro atoms. The largest absolute Gasteiger partial charge is 0.393 e. The van der Waals surface area contributed by atoms with E-state index in [4.69, 9.17) is 18.0 Å². The Morgan fingerprint density at radius 2 is 1.80 bits per heavy atom. The molecular weight excluding hydrogens is 264 g/mol. The van der Waals surface area contributed by atoms with E-state index in [1.165, 1.54) is 11.1 Å². The summed E-state index contributed by atoms with van der Waals surface area (Å²) in [7, 11) is 0. The Bertz CT molecular complexity index is 431. The molecule has 0 saturated carbocycles. The van der Waals surface area contributed by atoms with E-state index in [2.05, 4.69) is 63.8 Å². The second-order valence-corrected chi connectivity index (χ2v) is 7.05. The molecule has 20 heavy (non-hydrogen) atoms. The Hall–Kier alpha value is -0.930. The molecule has 0 bridgehead atoms. The summed E-state index contributed by atoms with van der Waals surface area (Å²) >= 11 is 5.06. The van der Waals surface area contributed by atoms with Crippen LogP contribution in [0.5, 0.6) is 0 Å². The third kappa shape index (κ3) is 5.22. The number of hydrogen-bond donors (Lipinski definition) is 1. The molecule has 0 aliphatic heterocycles. The topological polar surface area (TPSA) is 29.3 Å². The molecule has 1 atom stereocenters. The van der Waals surface area contributed by atoms with E-state index in [9.17, 15) is 0 Å². The first-order valence-electron chi connectivity index (χ1n) is 7.35. The Balaban J connectivity index is 2.69. The second kappa shape index (κ2) is 7.19. The van der Waals surface area contributed by atoms with Crippen LogP contribution in [0.15, 0.2) is 24.3 Å². The highest BCUT2D eigenvalue weighted by molar-refractivity contribution is 7.80. The van der Waals surface area contributed by atoms with Gasteiger partial charge in [0.15, 0.2) is 0 Å². The average Bonchev–Trinajstić information content (AvgIpc) is 2.37. The van der Waals surface area contributed by atoms with E-state index in [0.29, 0.717) is 4.99 Å². The van der Waals surface area contributed by atoms with Gasteiger partial charge < -0.3 is 5.73 Å². The van der Waals surface area contributed by atoms with E-state index >= 15 is 0 Å². The van der Waals surface area contributed by atoms with Crippen LogP contribution < -0.4 is 5.73 Å². The summed E-state index contributed by atoms with van der Waals surface area (Å²) in [5, 5.41) is 0. The number of thiocarbonyl (C=S) groups is 1. The predicted molar refractivity (Wildman–Crippen MR) is 92.0 cm³/mol. The van der Waals surface area contributed by atoms with Gasteiger partial charge in [0.25, 0.3) is 0 Å². The van der Waals surface area contributed by atoms with Crippen molar-refractivity contribution in [1.29, 1.82) is 0 Å². The standard InChI is InChI=1S/C17H28N2S/c1-6-19(11-13(2)16(18)20)12-14-7-9-15(10-8-14)17(3,4)5/h7-10,13H,6,11-12H2,1-5H3,(H2,18,20). The van der Waals surface area contributed by atoms with Crippen molar-refractivity contribution in [3.05, 3.63) is 35.4 Å². The van der Waals surface area contributed by atoms with Crippen LogP contribution in [0.2, 0.25) is 0 Å². The van der Waals surface area contributed by atoms with Crippen molar-refractivity contribution in [3.8, 4) is 0 Å². The summed E-state index contributed by atoms with van der Waals surface area (Å²) in [6.07, 6.45) is 0. The lowest BCUT2D eigenvalue weighted by molar-refractivity contribution is 0.264. The third-order valence-electron chi connectivity index (χ3n) is 3.69. The van der Waals surface area contributed by atoms with Crippen LogP contribution in [-0.2, 0) is 12.0 Å². The Morgan fingerprint density at radius 3 is 2.20 bits per heavy atom. The van der Waals surface area contributed by atoms with Gasteiger partial charge in [-0.1, -0.05) is 71.1 Å². The van der Waals surface area contributed by atoms with Gasteiger partial charge in [-0.05, 0) is 23.1 Å². The maximum atomic E-state index is 5.70. The number of benzene rings is 1. The highest BCUT2D eigenvalue weighted by Gasteiger charge is 2.14. The van der Waals surface area contributed by atoms with Gasteiger partial charge in [-0.15, -0.1) is 0 Å². The SMILES string of the molecule is CCN(Cc1ccc(C(C)(C)C)cc1)CC(C)C(N)=S. The van der Waals surface area contributed by atoms with Gasteiger partial charge in [0.2, 0.25) is 0 Å². The molecule has 0 aromatic heterocycles. The minimum atomic E-state index is 0.212. The molecule has 0 aliphatic rings. The maximum Gasteiger partial charge on any atom is 0.0768 e. The van der Waals surface area contributed by atoms with Gasteiger partial charge in [0.1, 0.15) is 0 Å². The van der Waals surface area contributed by atoms with Crippen LogP contribution in [0.4, 0.5) is 0 Å². The van der Waals surface area contributed by atoms with Crippen molar-refractivity contribution in [1.82, 2.24) is 4.90 Å². The zero-order valence-electron chi connectivity index (χ0n) is 13.4. The summed E-state index contributed by atoms with van der Waals surface area (Å²) in [6.45, 7) is 13.9. The normalized spacial score (nSPS) is 13.5. The van der Waals surface area contributed by atoms with Crippen LogP contribution in [0, 0.1) is 5.92 Å². The molecule has 0 saturated heterocycles. The number of nitrogens with two attached hydrogens (primary N) is 1. The molecule has 0 amide bonds. The Morgan fingerprint density at radius 1 is 1.25 bits per heavy atom. The van der Waals surface area contributed by atoms with Crippen molar-refractivity contribution in [2.45, 2.75) is 46.6 Å². The van der Waals surface area contributed by atoms with Crippen LogP contribution in [0.1, 0.15) is 45.7 Å². The lowest BCUT2D eigenvalue weighted by Gasteiger charge is -2.24. The monoisotopic (exact) mass is 292 g/mol. The first kappa shape index (κ1) is 17.1. The van der Waals surface area contributed by atoms with Gasteiger partial charge in [-0.2, -0.15) is 0 Å². The molecule has 1 rings (SSSR count). The quantitative estimate of drug-likeness (QED) is 0.810. The van der Waals surface area contributed by atoms with Gasteiger partial charge >= 0.3 is 0 Å². The minimum Gasteiger partial charge on any atom is -0.393 e. The van der Waals surface area contributed by atoms with Crippen molar-refractivity contribution < 1.29 is 0 Å². The number of nitrogens with zero attached hydrogens (tertiary/aromatic N) is 1. The Kier molecular flexibility index (Phi) is 6.15. The number of rotatable bonds is 6. The molecule has 0 aliphatic carbocycles. The van der Waals surface area contributed by atoms with E-state index in [-0.39, 0.29) is 11.3 Å². The molecule has 1 unspecified atom stereocenters. The van der Waals surface area contributed by atoms with Gasteiger partial charge in [-0.3, -0.25) is 4.90 Å². The van der Waals surface area contributed by atoms with Crippen LogP contribution >= 0.6 is 12.2 Å². The molecule has 2 N–H and O–H groups in total. The van der Waals surface area contributed by atoms with Crippen molar-refractivity contribution in [2.24, 2.45) is 11.7 Å². The van der Waals surface area contributed by atoms with Crippen LogP contribution in [-0.4, -0.2) is 23.0 Å². The molecule has 0 heterocycles. The highest BCUT2D eigenvalue weighted by atomic mass is 32.1. The maximum absolute atomic E-state index is 5.70. The zero-order valence-corrected chi connectivity index (χ0v) is 14.3. The fourth-order valence-electron chi connectivity index (χ4n) is 2.15. The number of hydrogen-bond acceptors (Lipinski definition) is 2. The molecule has 0 radical (unpaired) electrons. The fourth-order valence-corrected chi connectivity index (χ4v) is 2.23. The molecule has 3 heteroatoms. The average molecular weight is 292 g/mol. The first-order valence-corrected chi connectivity index (χ1v) is 7.76. The van der Waals surface area contributed by atoms with Crippen molar-refractivity contribution in [3.63, 3.8) is 0 Å². The van der Waals surface area contributed by atoms with Crippen LogP contribution in [0.3, 0.4) is 0 Å². The molecule has 112 valence electrons. The van der Waals surface area contributed by atoms with Crippen LogP contribution in [0.25, 0.3) is 0 Å². The van der Waals surface area contributed by atoms with Gasteiger partial charge in [0.05, 0.1) is 4.99 Å². The van der Waals surface area contributed by atoms with Crippen molar-refractivity contribution >= 4 is 17.2 Å². The minimum absolute atomic E-state index is 0.212. The summed E-state index contributed by atoms with van der Waals surface area (Å²) in [5.74, 6) is 0.263. The summed E-state index contributed by atoms with van der Waals surface area (Å²) < 4.78 is 0.